The lowest BCUT2D eigenvalue weighted by Gasteiger charge is -2.23. The van der Waals surface area contributed by atoms with Gasteiger partial charge < -0.3 is 19.9 Å². The summed E-state index contributed by atoms with van der Waals surface area (Å²) in [6.45, 7) is 1.82. The molecule has 0 radical (unpaired) electrons. The number of H-pyrrole nitrogens is 1. The lowest BCUT2D eigenvalue weighted by molar-refractivity contribution is 0.252. The molecule has 0 saturated heterocycles. The standard InChI is InChI=1S/C28H29N3O/c1-31(2)23-10-8-21(9-11-23)26-14-12-24-27(32-26)15-13-25-28(24)22(19-30-25)16-17-29-18-20-6-4-3-5-7-20/h3-15,19,26,29-30H,16-18H2,1-2H3. The summed E-state index contributed by atoms with van der Waals surface area (Å²) in [7, 11) is 4.11. The molecule has 0 amide bonds. The van der Waals surface area contributed by atoms with Crippen LogP contribution in [0.2, 0.25) is 0 Å². The van der Waals surface area contributed by atoms with Gasteiger partial charge in [0.25, 0.3) is 0 Å². The Hall–Kier alpha value is -3.50. The van der Waals surface area contributed by atoms with Gasteiger partial charge >= 0.3 is 0 Å². The van der Waals surface area contributed by atoms with Crippen LogP contribution in [0.15, 0.2) is 79.0 Å². The van der Waals surface area contributed by atoms with Crippen molar-refractivity contribution >= 4 is 22.7 Å². The summed E-state index contributed by atoms with van der Waals surface area (Å²) in [4.78, 5) is 5.54. The van der Waals surface area contributed by atoms with Crippen molar-refractivity contribution in [1.29, 1.82) is 0 Å². The highest BCUT2D eigenvalue weighted by atomic mass is 16.5. The van der Waals surface area contributed by atoms with Crippen molar-refractivity contribution in [2.24, 2.45) is 0 Å². The maximum atomic E-state index is 6.40. The maximum absolute atomic E-state index is 6.40. The molecule has 1 aromatic heterocycles. The Balaban J connectivity index is 1.32. The molecule has 4 nitrogen and oxygen atoms in total. The second-order valence-electron chi connectivity index (χ2n) is 8.51. The van der Waals surface area contributed by atoms with E-state index >= 15 is 0 Å². The van der Waals surface area contributed by atoms with Gasteiger partial charge in [-0.25, -0.2) is 0 Å². The summed E-state index contributed by atoms with van der Waals surface area (Å²) in [5.74, 6) is 0.944. The summed E-state index contributed by atoms with van der Waals surface area (Å²) < 4.78 is 6.40. The van der Waals surface area contributed by atoms with Gasteiger partial charge in [-0.2, -0.15) is 0 Å². The minimum atomic E-state index is -0.0638. The topological polar surface area (TPSA) is 40.3 Å². The molecule has 0 aliphatic carbocycles. The first-order valence-corrected chi connectivity index (χ1v) is 11.2. The lowest BCUT2D eigenvalue weighted by Crippen LogP contribution is -2.16. The smallest absolute Gasteiger partial charge is 0.142 e. The van der Waals surface area contributed by atoms with Crippen LogP contribution in [0.4, 0.5) is 5.69 Å². The third kappa shape index (κ3) is 4.14. The van der Waals surface area contributed by atoms with Crippen molar-refractivity contribution in [3.8, 4) is 5.75 Å². The van der Waals surface area contributed by atoms with E-state index < -0.39 is 0 Å². The van der Waals surface area contributed by atoms with Gasteiger partial charge in [0.05, 0.1) is 0 Å². The third-order valence-electron chi connectivity index (χ3n) is 6.10. The number of aromatic amines is 1. The largest absolute Gasteiger partial charge is 0.481 e. The zero-order chi connectivity index (χ0) is 21.9. The Morgan fingerprint density at radius 2 is 1.78 bits per heavy atom. The molecule has 1 aliphatic heterocycles. The van der Waals surface area contributed by atoms with Gasteiger partial charge in [-0.15, -0.1) is 0 Å². The molecule has 162 valence electrons. The van der Waals surface area contributed by atoms with E-state index in [4.69, 9.17) is 4.74 Å². The van der Waals surface area contributed by atoms with Gasteiger partial charge in [0, 0.05) is 49.0 Å². The molecule has 0 fully saturated rings. The van der Waals surface area contributed by atoms with E-state index in [1.54, 1.807) is 0 Å². The first kappa shape index (κ1) is 20.4. The predicted octanol–water partition coefficient (Wildman–Crippen LogP) is 5.71. The molecule has 2 heterocycles. The zero-order valence-corrected chi connectivity index (χ0v) is 18.6. The number of hydrogen-bond donors (Lipinski definition) is 2. The van der Waals surface area contributed by atoms with Crippen LogP contribution in [0.1, 0.15) is 28.4 Å². The second kappa shape index (κ2) is 8.93. The predicted molar refractivity (Wildman–Crippen MR) is 133 cm³/mol. The molecular weight excluding hydrogens is 394 g/mol. The number of anilines is 1. The minimum Gasteiger partial charge on any atom is -0.481 e. The van der Waals surface area contributed by atoms with Gasteiger partial charge in [0.2, 0.25) is 0 Å². The van der Waals surface area contributed by atoms with Crippen molar-refractivity contribution in [1.82, 2.24) is 10.3 Å². The van der Waals surface area contributed by atoms with Crippen LogP contribution in [0.3, 0.4) is 0 Å². The van der Waals surface area contributed by atoms with Gasteiger partial charge in [-0.1, -0.05) is 48.5 Å². The second-order valence-corrected chi connectivity index (χ2v) is 8.51. The SMILES string of the molecule is CN(C)c1ccc(C2C=Cc3c(ccc4[nH]cc(CCNCc5ccccc5)c34)O2)cc1. The Bertz CT molecular complexity index is 1220. The molecule has 1 unspecified atom stereocenters. The van der Waals surface area contributed by atoms with Gasteiger partial charge in [-0.3, -0.25) is 0 Å². The van der Waals surface area contributed by atoms with Crippen LogP contribution < -0.4 is 15.0 Å². The van der Waals surface area contributed by atoms with Gasteiger partial charge in [0.1, 0.15) is 11.9 Å². The highest BCUT2D eigenvalue weighted by Gasteiger charge is 2.20. The summed E-state index contributed by atoms with van der Waals surface area (Å²) in [5.41, 5.74) is 7.31. The number of aromatic nitrogens is 1. The molecule has 0 spiro atoms. The van der Waals surface area contributed by atoms with Crippen LogP contribution >= 0.6 is 0 Å². The molecule has 32 heavy (non-hydrogen) atoms. The number of rotatable bonds is 7. The van der Waals surface area contributed by atoms with E-state index in [0.29, 0.717) is 0 Å². The van der Waals surface area contributed by atoms with Crippen LogP contribution in [0.25, 0.3) is 17.0 Å². The number of benzene rings is 3. The molecule has 1 atom stereocenters. The summed E-state index contributed by atoms with van der Waals surface area (Å²) >= 11 is 0. The molecule has 4 aromatic rings. The highest BCUT2D eigenvalue weighted by molar-refractivity contribution is 5.94. The highest BCUT2D eigenvalue weighted by Crippen LogP contribution is 2.38. The van der Waals surface area contributed by atoms with Crippen molar-refractivity contribution in [3.05, 3.63) is 101 Å². The van der Waals surface area contributed by atoms with Crippen molar-refractivity contribution < 1.29 is 4.74 Å². The molecular formula is C28H29N3O. The zero-order valence-electron chi connectivity index (χ0n) is 18.6. The molecule has 3 aromatic carbocycles. The van der Waals surface area contributed by atoms with Crippen molar-refractivity contribution in [2.45, 2.75) is 19.1 Å². The van der Waals surface area contributed by atoms with Crippen LogP contribution in [-0.4, -0.2) is 25.6 Å². The molecule has 4 heteroatoms. The van der Waals surface area contributed by atoms with Gasteiger partial charge in [0.15, 0.2) is 0 Å². The molecule has 0 saturated carbocycles. The molecule has 2 N–H and O–H groups in total. The number of hydrogen-bond acceptors (Lipinski definition) is 3. The number of nitrogens with one attached hydrogen (secondary N) is 2. The molecule has 1 aliphatic rings. The average molecular weight is 424 g/mol. The summed E-state index contributed by atoms with van der Waals surface area (Å²) in [6, 6.07) is 23.3. The Labute approximate surface area is 189 Å². The first-order valence-electron chi connectivity index (χ1n) is 11.2. The Morgan fingerprint density at radius 1 is 0.969 bits per heavy atom. The number of fused-ring (bicyclic) bond motifs is 3. The lowest BCUT2D eigenvalue weighted by atomic mass is 9.98. The maximum Gasteiger partial charge on any atom is 0.142 e. The van der Waals surface area contributed by atoms with Crippen LogP contribution in [-0.2, 0) is 13.0 Å². The van der Waals surface area contributed by atoms with E-state index in [1.807, 2.05) is 0 Å². The Kier molecular flexibility index (Phi) is 5.70. The minimum absolute atomic E-state index is 0.0638. The average Bonchev–Trinajstić information content (AvgIpc) is 3.26. The Morgan fingerprint density at radius 3 is 2.56 bits per heavy atom. The van der Waals surface area contributed by atoms with E-state index in [0.717, 1.165) is 36.3 Å². The van der Waals surface area contributed by atoms with E-state index in [2.05, 4.69) is 114 Å². The number of ether oxygens (including phenoxy) is 1. The normalized spacial score (nSPS) is 14.9. The summed E-state index contributed by atoms with van der Waals surface area (Å²) in [6.07, 6.45) is 7.42. The van der Waals surface area contributed by atoms with Crippen LogP contribution in [0.5, 0.6) is 5.75 Å². The van der Waals surface area contributed by atoms with E-state index in [1.165, 1.54) is 27.8 Å². The fourth-order valence-electron chi connectivity index (χ4n) is 4.32. The number of nitrogens with zero attached hydrogens (tertiary/aromatic N) is 1. The monoisotopic (exact) mass is 423 g/mol. The molecule has 5 rings (SSSR count). The first-order chi connectivity index (χ1) is 15.7. The fraction of sp³-hybridized carbons (Fsp3) is 0.214. The van der Waals surface area contributed by atoms with Crippen molar-refractivity contribution in [2.75, 3.05) is 25.5 Å². The van der Waals surface area contributed by atoms with Gasteiger partial charge in [-0.05, 0) is 60.0 Å². The van der Waals surface area contributed by atoms with E-state index in [9.17, 15) is 0 Å². The van der Waals surface area contributed by atoms with Crippen molar-refractivity contribution in [3.63, 3.8) is 0 Å². The van der Waals surface area contributed by atoms with Crippen LogP contribution in [0, 0.1) is 0 Å². The molecule has 0 bridgehead atoms. The van der Waals surface area contributed by atoms with E-state index in [-0.39, 0.29) is 6.10 Å². The summed E-state index contributed by atoms with van der Waals surface area (Å²) in [5, 5.41) is 4.82. The fourth-order valence-corrected chi connectivity index (χ4v) is 4.32. The quantitative estimate of drug-likeness (QED) is 0.374. The third-order valence-corrected chi connectivity index (χ3v) is 6.10.